The predicted molar refractivity (Wildman–Crippen MR) is 63.5 cm³/mol. The third-order valence-electron chi connectivity index (χ3n) is 3.11. The van der Waals surface area contributed by atoms with E-state index < -0.39 is 0 Å². The number of fused-ring (bicyclic) bond motifs is 1. The van der Waals surface area contributed by atoms with Crippen LogP contribution in [-0.4, -0.2) is 15.9 Å². The van der Waals surface area contributed by atoms with Crippen molar-refractivity contribution >= 4 is 23.1 Å². The van der Waals surface area contributed by atoms with Gasteiger partial charge in [0.05, 0.1) is 0 Å². The van der Waals surface area contributed by atoms with Crippen LogP contribution < -0.4 is 5.43 Å². The van der Waals surface area contributed by atoms with E-state index in [9.17, 15) is 0 Å². The summed E-state index contributed by atoms with van der Waals surface area (Å²) >= 11 is 5.64. The van der Waals surface area contributed by atoms with Crippen molar-refractivity contribution in [2.24, 2.45) is 16.9 Å². The highest BCUT2D eigenvalue weighted by molar-refractivity contribution is 6.29. The maximum Gasteiger partial charge on any atom is 0.168 e. The number of nitrogens with one attached hydrogen (secondary N) is 1. The van der Waals surface area contributed by atoms with Gasteiger partial charge in [0.25, 0.3) is 0 Å². The van der Waals surface area contributed by atoms with Crippen molar-refractivity contribution in [1.29, 1.82) is 0 Å². The molecular weight excluding hydrogens is 224 g/mol. The SMILES string of the molecule is Clc1ccc(N/N=C2\C[C@H]3C=CC[C@@H]23)nn1. The summed E-state index contributed by atoms with van der Waals surface area (Å²) in [5.74, 6) is 1.97. The first-order valence-electron chi connectivity index (χ1n) is 5.31. The van der Waals surface area contributed by atoms with Gasteiger partial charge in [0.2, 0.25) is 0 Å². The van der Waals surface area contributed by atoms with E-state index in [-0.39, 0.29) is 0 Å². The van der Waals surface area contributed by atoms with Crippen LogP contribution >= 0.6 is 11.6 Å². The van der Waals surface area contributed by atoms with E-state index in [1.807, 2.05) is 0 Å². The molecule has 5 heteroatoms. The smallest absolute Gasteiger partial charge is 0.168 e. The van der Waals surface area contributed by atoms with E-state index in [0.29, 0.717) is 16.9 Å². The second-order valence-corrected chi connectivity index (χ2v) is 4.48. The summed E-state index contributed by atoms with van der Waals surface area (Å²) in [4.78, 5) is 0. The van der Waals surface area contributed by atoms with Crippen molar-refractivity contribution in [1.82, 2.24) is 10.2 Å². The molecule has 2 aliphatic carbocycles. The van der Waals surface area contributed by atoms with Gasteiger partial charge in [-0.3, -0.25) is 5.43 Å². The van der Waals surface area contributed by atoms with Crippen molar-refractivity contribution in [2.45, 2.75) is 12.8 Å². The van der Waals surface area contributed by atoms with E-state index in [4.69, 9.17) is 11.6 Å². The average molecular weight is 235 g/mol. The quantitative estimate of drug-likeness (QED) is 0.632. The summed E-state index contributed by atoms with van der Waals surface area (Å²) in [7, 11) is 0. The zero-order chi connectivity index (χ0) is 11.0. The zero-order valence-corrected chi connectivity index (χ0v) is 9.35. The highest BCUT2D eigenvalue weighted by atomic mass is 35.5. The third-order valence-corrected chi connectivity index (χ3v) is 3.31. The number of aromatic nitrogens is 2. The molecule has 1 heterocycles. The summed E-state index contributed by atoms with van der Waals surface area (Å²) in [6.07, 6.45) is 6.71. The molecule has 16 heavy (non-hydrogen) atoms. The van der Waals surface area contributed by atoms with E-state index in [1.165, 1.54) is 5.71 Å². The maximum atomic E-state index is 5.64. The molecule has 1 aromatic heterocycles. The van der Waals surface area contributed by atoms with Gasteiger partial charge in [-0.2, -0.15) is 5.10 Å². The summed E-state index contributed by atoms with van der Waals surface area (Å²) in [5.41, 5.74) is 4.14. The number of rotatable bonds is 2. The average Bonchev–Trinajstić information content (AvgIpc) is 2.63. The van der Waals surface area contributed by atoms with Gasteiger partial charge in [0.15, 0.2) is 11.0 Å². The minimum atomic E-state index is 0.391. The number of hydrogen-bond donors (Lipinski definition) is 1. The molecule has 0 amide bonds. The van der Waals surface area contributed by atoms with Crippen LogP contribution in [0.4, 0.5) is 5.82 Å². The second-order valence-electron chi connectivity index (χ2n) is 4.09. The van der Waals surface area contributed by atoms with Crippen LogP contribution in [-0.2, 0) is 0 Å². The fraction of sp³-hybridized carbons (Fsp3) is 0.364. The Hall–Kier alpha value is -1.42. The first-order chi connectivity index (χ1) is 7.83. The molecule has 1 aromatic rings. The first kappa shape index (κ1) is 9.78. The molecule has 3 rings (SSSR count). The Bertz CT molecular complexity index is 452. The van der Waals surface area contributed by atoms with Gasteiger partial charge >= 0.3 is 0 Å². The van der Waals surface area contributed by atoms with Crippen molar-refractivity contribution in [3.8, 4) is 0 Å². The Morgan fingerprint density at radius 3 is 3.06 bits per heavy atom. The standard InChI is InChI=1S/C11H11ClN4/c12-10-4-5-11(16-14-10)15-13-9-6-7-2-1-3-8(7)9/h1-2,4-5,7-8H,3,6H2,(H,15,16)/b13-9+/t7-,8-/m1/s1. The molecule has 82 valence electrons. The van der Waals surface area contributed by atoms with Crippen molar-refractivity contribution < 1.29 is 0 Å². The van der Waals surface area contributed by atoms with Crippen molar-refractivity contribution in [3.63, 3.8) is 0 Å². The largest absolute Gasteiger partial charge is 0.260 e. The highest BCUT2D eigenvalue weighted by Gasteiger charge is 2.37. The van der Waals surface area contributed by atoms with E-state index >= 15 is 0 Å². The summed E-state index contributed by atoms with van der Waals surface area (Å²) in [5, 5.41) is 12.4. The Morgan fingerprint density at radius 2 is 2.31 bits per heavy atom. The lowest BCUT2D eigenvalue weighted by Crippen LogP contribution is -2.33. The van der Waals surface area contributed by atoms with Crippen LogP contribution in [0.25, 0.3) is 0 Å². The van der Waals surface area contributed by atoms with Gasteiger partial charge in [-0.25, -0.2) is 0 Å². The Balaban J connectivity index is 1.64. The van der Waals surface area contributed by atoms with E-state index in [2.05, 4.69) is 32.9 Å². The Morgan fingerprint density at radius 1 is 1.38 bits per heavy atom. The minimum Gasteiger partial charge on any atom is -0.260 e. The molecule has 2 atom stereocenters. The predicted octanol–water partition coefficient (Wildman–Crippen LogP) is 2.49. The molecule has 2 aliphatic rings. The lowest BCUT2D eigenvalue weighted by Gasteiger charge is -2.31. The molecule has 1 fully saturated rings. The Kier molecular flexibility index (Phi) is 2.36. The van der Waals surface area contributed by atoms with Crippen LogP contribution in [0.3, 0.4) is 0 Å². The molecule has 0 aromatic carbocycles. The molecular formula is C11H11ClN4. The van der Waals surface area contributed by atoms with Crippen LogP contribution in [0.1, 0.15) is 12.8 Å². The lowest BCUT2D eigenvalue weighted by atomic mass is 9.74. The van der Waals surface area contributed by atoms with Gasteiger partial charge in [-0.15, -0.1) is 10.2 Å². The zero-order valence-electron chi connectivity index (χ0n) is 8.60. The molecule has 0 saturated heterocycles. The first-order valence-corrected chi connectivity index (χ1v) is 5.69. The van der Waals surface area contributed by atoms with Crippen molar-refractivity contribution in [2.75, 3.05) is 5.43 Å². The van der Waals surface area contributed by atoms with Crippen LogP contribution in [0.15, 0.2) is 29.4 Å². The fourth-order valence-electron chi connectivity index (χ4n) is 2.17. The van der Waals surface area contributed by atoms with Gasteiger partial charge in [0.1, 0.15) is 0 Å². The van der Waals surface area contributed by atoms with Crippen LogP contribution in [0.2, 0.25) is 5.15 Å². The van der Waals surface area contributed by atoms with Crippen LogP contribution in [0, 0.1) is 11.8 Å². The molecule has 1 N–H and O–H groups in total. The second kappa shape index (κ2) is 3.87. The molecule has 0 radical (unpaired) electrons. The molecule has 0 bridgehead atoms. The number of halogens is 1. The molecule has 0 spiro atoms. The molecule has 4 nitrogen and oxygen atoms in total. The number of anilines is 1. The summed E-state index contributed by atoms with van der Waals surface area (Å²) in [6.45, 7) is 0. The monoisotopic (exact) mass is 234 g/mol. The molecule has 0 unspecified atom stereocenters. The summed E-state index contributed by atoms with van der Waals surface area (Å²) < 4.78 is 0. The fourth-order valence-corrected chi connectivity index (χ4v) is 2.27. The molecule has 0 aliphatic heterocycles. The Labute approximate surface area is 98.4 Å². The number of hydrogen-bond acceptors (Lipinski definition) is 4. The lowest BCUT2D eigenvalue weighted by molar-refractivity contribution is 0.466. The normalized spacial score (nSPS) is 28.9. The van der Waals surface area contributed by atoms with E-state index in [1.54, 1.807) is 12.1 Å². The van der Waals surface area contributed by atoms with Gasteiger partial charge in [-0.05, 0) is 30.9 Å². The van der Waals surface area contributed by atoms with Crippen LogP contribution in [0.5, 0.6) is 0 Å². The molecule has 1 saturated carbocycles. The van der Waals surface area contributed by atoms with Crippen molar-refractivity contribution in [3.05, 3.63) is 29.4 Å². The summed E-state index contributed by atoms with van der Waals surface area (Å²) in [6, 6.07) is 3.46. The maximum absolute atomic E-state index is 5.64. The highest BCUT2D eigenvalue weighted by Crippen LogP contribution is 2.40. The van der Waals surface area contributed by atoms with Gasteiger partial charge < -0.3 is 0 Å². The number of allylic oxidation sites excluding steroid dienone is 2. The number of hydrazone groups is 1. The van der Waals surface area contributed by atoms with Gasteiger partial charge in [-0.1, -0.05) is 23.8 Å². The van der Waals surface area contributed by atoms with Gasteiger partial charge in [0, 0.05) is 11.6 Å². The van der Waals surface area contributed by atoms with E-state index in [0.717, 1.165) is 18.8 Å². The third kappa shape index (κ3) is 1.69. The number of nitrogens with zero attached hydrogens (tertiary/aromatic N) is 3. The minimum absolute atomic E-state index is 0.391. The topological polar surface area (TPSA) is 50.2 Å².